The molecule has 1 aromatic carbocycles. The first-order valence-electron chi connectivity index (χ1n) is 11.4. The molecule has 8 heteroatoms. The Balaban J connectivity index is 1.24. The number of halogens is 2. The molecular formula is C24H31ClFN3O3. The monoisotopic (exact) mass is 463 g/mol. The number of carbonyl (C=O) groups is 2. The average Bonchev–Trinajstić information content (AvgIpc) is 3.55. The van der Waals surface area contributed by atoms with Gasteiger partial charge in [0.05, 0.1) is 11.1 Å². The summed E-state index contributed by atoms with van der Waals surface area (Å²) in [5, 5.41) is 10.3. The summed E-state index contributed by atoms with van der Waals surface area (Å²) >= 11 is 5.78. The number of rotatable bonds is 6. The first-order valence-corrected chi connectivity index (χ1v) is 11.8. The van der Waals surface area contributed by atoms with Crippen LogP contribution in [0.4, 0.5) is 4.39 Å². The number of hydrogen-bond acceptors (Lipinski definition) is 4. The summed E-state index contributed by atoms with van der Waals surface area (Å²) in [4.78, 5) is 31.1. The Hall–Kier alpha value is -1.96. The number of aliphatic hydroxyl groups excluding tert-OH is 1. The predicted molar refractivity (Wildman–Crippen MR) is 122 cm³/mol. The van der Waals surface area contributed by atoms with E-state index in [0.717, 1.165) is 45.3 Å². The average molecular weight is 464 g/mol. The quantitative estimate of drug-likeness (QED) is 0.659. The van der Waals surface area contributed by atoms with Crippen molar-refractivity contribution >= 4 is 29.5 Å². The van der Waals surface area contributed by atoms with Crippen molar-refractivity contribution in [1.82, 2.24) is 14.7 Å². The van der Waals surface area contributed by atoms with Gasteiger partial charge in [-0.1, -0.05) is 17.7 Å². The molecule has 0 radical (unpaired) electrons. The lowest BCUT2D eigenvalue weighted by atomic mass is 9.90. The summed E-state index contributed by atoms with van der Waals surface area (Å²) in [6.07, 6.45) is 7.01. The molecule has 0 bridgehead atoms. The SMILES string of the molecule is C[C@H]1C(=O)N(CCCN2CCC3(CC3)[C@H](O)C2)CCN1C(=O)C=Cc1ccc(F)c(Cl)c1. The van der Waals surface area contributed by atoms with Crippen LogP contribution in [0.1, 0.15) is 38.2 Å². The minimum absolute atomic E-state index is 0.00265. The maximum absolute atomic E-state index is 13.3. The molecule has 2 saturated heterocycles. The summed E-state index contributed by atoms with van der Waals surface area (Å²) in [6.45, 7) is 6.03. The van der Waals surface area contributed by atoms with Crippen LogP contribution in [0.15, 0.2) is 24.3 Å². The Kier molecular flexibility index (Phi) is 6.89. The fraction of sp³-hybridized carbons (Fsp3) is 0.583. The van der Waals surface area contributed by atoms with Crippen LogP contribution >= 0.6 is 11.6 Å². The normalized spacial score (nSPS) is 25.7. The molecule has 0 aromatic heterocycles. The smallest absolute Gasteiger partial charge is 0.247 e. The zero-order valence-corrected chi connectivity index (χ0v) is 19.2. The van der Waals surface area contributed by atoms with Crippen LogP contribution < -0.4 is 0 Å². The molecule has 0 unspecified atom stereocenters. The van der Waals surface area contributed by atoms with Crippen LogP contribution in [-0.2, 0) is 9.59 Å². The lowest BCUT2D eigenvalue weighted by molar-refractivity contribution is -0.148. The highest BCUT2D eigenvalue weighted by molar-refractivity contribution is 6.30. The Bertz CT molecular complexity index is 904. The molecule has 2 amide bonds. The van der Waals surface area contributed by atoms with E-state index in [0.29, 0.717) is 25.2 Å². The Morgan fingerprint density at radius 3 is 2.72 bits per heavy atom. The summed E-state index contributed by atoms with van der Waals surface area (Å²) in [5.41, 5.74) is 0.833. The van der Waals surface area contributed by atoms with Gasteiger partial charge in [0.2, 0.25) is 11.8 Å². The highest BCUT2D eigenvalue weighted by Crippen LogP contribution is 2.53. The van der Waals surface area contributed by atoms with E-state index in [4.69, 9.17) is 11.6 Å². The van der Waals surface area contributed by atoms with Crippen molar-refractivity contribution in [3.05, 3.63) is 40.7 Å². The number of aliphatic hydroxyl groups is 1. The van der Waals surface area contributed by atoms with E-state index in [1.165, 1.54) is 18.2 Å². The Morgan fingerprint density at radius 2 is 2.03 bits per heavy atom. The van der Waals surface area contributed by atoms with Crippen LogP contribution in [0.25, 0.3) is 6.08 Å². The maximum atomic E-state index is 13.3. The van der Waals surface area contributed by atoms with Crippen LogP contribution in [0, 0.1) is 11.2 Å². The van der Waals surface area contributed by atoms with E-state index in [2.05, 4.69) is 4.90 Å². The van der Waals surface area contributed by atoms with Gasteiger partial charge in [-0.2, -0.15) is 0 Å². The largest absolute Gasteiger partial charge is 0.391 e. The number of benzene rings is 1. The second-order valence-electron chi connectivity index (χ2n) is 9.32. The van der Waals surface area contributed by atoms with Crippen molar-refractivity contribution < 1.29 is 19.1 Å². The van der Waals surface area contributed by atoms with Crippen molar-refractivity contribution in [2.24, 2.45) is 5.41 Å². The molecule has 174 valence electrons. The Morgan fingerprint density at radius 1 is 1.25 bits per heavy atom. The van der Waals surface area contributed by atoms with Gasteiger partial charge in [-0.25, -0.2) is 4.39 Å². The van der Waals surface area contributed by atoms with Crippen LogP contribution in [0.2, 0.25) is 5.02 Å². The molecule has 1 saturated carbocycles. The predicted octanol–water partition coefficient (Wildman–Crippen LogP) is 2.79. The number of hydrogen-bond donors (Lipinski definition) is 1. The molecule has 4 rings (SSSR count). The van der Waals surface area contributed by atoms with Crippen molar-refractivity contribution in [2.45, 2.75) is 44.8 Å². The number of nitrogens with zero attached hydrogens (tertiary/aromatic N) is 3. The summed E-state index contributed by atoms with van der Waals surface area (Å²) in [6, 6.07) is 3.73. The molecule has 3 fully saturated rings. The van der Waals surface area contributed by atoms with E-state index >= 15 is 0 Å². The van der Waals surface area contributed by atoms with Crippen molar-refractivity contribution in [3.8, 4) is 0 Å². The third kappa shape index (κ3) is 5.00. The highest BCUT2D eigenvalue weighted by Gasteiger charge is 2.51. The summed E-state index contributed by atoms with van der Waals surface area (Å²) in [7, 11) is 0. The number of likely N-dealkylation sites (tertiary alicyclic amines) is 1. The minimum Gasteiger partial charge on any atom is -0.391 e. The van der Waals surface area contributed by atoms with E-state index in [9.17, 15) is 19.1 Å². The van der Waals surface area contributed by atoms with Crippen molar-refractivity contribution in [3.63, 3.8) is 0 Å². The van der Waals surface area contributed by atoms with Gasteiger partial charge in [0, 0.05) is 32.3 Å². The van der Waals surface area contributed by atoms with Gasteiger partial charge in [0.25, 0.3) is 0 Å². The van der Waals surface area contributed by atoms with E-state index in [1.807, 2.05) is 4.90 Å². The van der Waals surface area contributed by atoms with Gasteiger partial charge < -0.3 is 19.8 Å². The number of piperazine rings is 1. The molecule has 1 aromatic rings. The van der Waals surface area contributed by atoms with Gasteiger partial charge in [-0.3, -0.25) is 9.59 Å². The van der Waals surface area contributed by atoms with E-state index in [1.54, 1.807) is 24.0 Å². The van der Waals surface area contributed by atoms with Gasteiger partial charge in [0.15, 0.2) is 0 Å². The number of amides is 2. The third-order valence-electron chi connectivity index (χ3n) is 7.25. The van der Waals surface area contributed by atoms with E-state index in [-0.39, 0.29) is 28.4 Å². The van der Waals surface area contributed by atoms with Crippen LogP contribution in [-0.4, -0.2) is 83.0 Å². The van der Waals surface area contributed by atoms with Gasteiger partial charge in [-0.05, 0) is 74.9 Å². The molecule has 1 N–H and O–H groups in total. The number of piperidine rings is 1. The number of carbonyl (C=O) groups excluding carboxylic acids is 2. The second-order valence-corrected chi connectivity index (χ2v) is 9.73. The molecule has 2 aliphatic heterocycles. The molecule has 1 aliphatic carbocycles. The first kappa shape index (κ1) is 23.2. The topological polar surface area (TPSA) is 64.1 Å². The summed E-state index contributed by atoms with van der Waals surface area (Å²) in [5.74, 6) is -0.797. The highest BCUT2D eigenvalue weighted by atomic mass is 35.5. The maximum Gasteiger partial charge on any atom is 0.247 e. The lowest BCUT2D eigenvalue weighted by Crippen LogP contribution is -2.57. The lowest BCUT2D eigenvalue weighted by Gasteiger charge is -2.39. The molecule has 32 heavy (non-hydrogen) atoms. The first-order chi connectivity index (χ1) is 15.3. The molecule has 2 atom stereocenters. The molecule has 6 nitrogen and oxygen atoms in total. The third-order valence-corrected chi connectivity index (χ3v) is 7.54. The fourth-order valence-corrected chi connectivity index (χ4v) is 5.03. The van der Waals surface area contributed by atoms with Gasteiger partial charge >= 0.3 is 0 Å². The number of β-amino-alcohol motifs (C(OH)–C–C–N with tert-alkyl or cyclic N) is 1. The zero-order chi connectivity index (χ0) is 22.9. The van der Waals surface area contributed by atoms with Crippen LogP contribution in [0.3, 0.4) is 0 Å². The van der Waals surface area contributed by atoms with Crippen LogP contribution in [0.5, 0.6) is 0 Å². The standard InChI is InChI=1S/C24H31ClFN3O3/c1-17-23(32)28(11-2-10-27-12-9-24(7-8-24)21(30)16-27)13-14-29(17)22(31)6-4-18-3-5-20(26)19(25)15-18/h3-6,15,17,21,30H,2,7-14,16H2,1H3/t17-,21+/m0/s1. The summed E-state index contributed by atoms with van der Waals surface area (Å²) < 4.78 is 13.3. The molecule has 3 aliphatic rings. The second kappa shape index (κ2) is 9.49. The van der Waals surface area contributed by atoms with Gasteiger partial charge in [-0.15, -0.1) is 0 Å². The van der Waals surface area contributed by atoms with E-state index < -0.39 is 11.9 Å². The molecule has 1 spiro atoms. The Labute approximate surface area is 193 Å². The molecular weight excluding hydrogens is 433 g/mol. The van der Waals surface area contributed by atoms with Crippen molar-refractivity contribution in [2.75, 3.05) is 39.3 Å². The van der Waals surface area contributed by atoms with Gasteiger partial charge in [0.1, 0.15) is 11.9 Å². The molecule has 2 heterocycles. The minimum atomic E-state index is -0.524. The zero-order valence-electron chi connectivity index (χ0n) is 18.5. The van der Waals surface area contributed by atoms with Crippen molar-refractivity contribution in [1.29, 1.82) is 0 Å². The fourth-order valence-electron chi connectivity index (χ4n) is 4.84.